The minimum absolute atomic E-state index is 0. The number of hydrogen-bond acceptors (Lipinski definition) is 0. The molecule has 0 aliphatic heterocycles. The molecule has 11 heavy (non-hydrogen) atoms. The standard InChI is InChI=1S/C9H10.2Na/c1-3-9-7-5-4-6-8(9)2;;/h3-7H,1H2,2H3;;. The van der Waals surface area contributed by atoms with Crippen LogP contribution in [0.4, 0.5) is 0 Å². The van der Waals surface area contributed by atoms with Crippen LogP contribution in [-0.2, 0) is 0 Å². The molecular weight excluding hydrogens is 154 g/mol. The van der Waals surface area contributed by atoms with Crippen molar-refractivity contribution in [3.05, 3.63) is 42.0 Å². The van der Waals surface area contributed by atoms with Gasteiger partial charge in [-0.2, -0.15) is 0 Å². The molecule has 48 valence electrons. The summed E-state index contributed by atoms with van der Waals surface area (Å²) in [5.41, 5.74) is 2.50. The molecule has 0 heterocycles. The molecule has 0 saturated heterocycles. The molecule has 0 nitrogen and oxygen atoms in total. The predicted octanol–water partition coefficient (Wildman–Crippen LogP) is 1.88. The summed E-state index contributed by atoms with van der Waals surface area (Å²) >= 11 is 0. The molecule has 2 heteroatoms. The second kappa shape index (κ2) is 7.60. The van der Waals surface area contributed by atoms with Crippen molar-refractivity contribution in [3.8, 4) is 0 Å². The fourth-order valence-electron chi connectivity index (χ4n) is 0.816. The van der Waals surface area contributed by atoms with Crippen LogP contribution < -0.4 is 0 Å². The maximum Gasteiger partial charge on any atom is 0 e. The summed E-state index contributed by atoms with van der Waals surface area (Å²) in [6.07, 6.45) is 1.87. The largest absolute Gasteiger partial charge is 0.0985 e. The van der Waals surface area contributed by atoms with Gasteiger partial charge in [0.2, 0.25) is 0 Å². The Hall–Kier alpha value is 0.960. The Morgan fingerprint density at radius 2 is 1.73 bits per heavy atom. The Morgan fingerprint density at radius 3 is 2.09 bits per heavy atom. The van der Waals surface area contributed by atoms with E-state index in [1.165, 1.54) is 11.1 Å². The molecule has 0 fully saturated rings. The van der Waals surface area contributed by atoms with Gasteiger partial charge in [0, 0.05) is 59.1 Å². The van der Waals surface area contributed by atoms with Gasteiger partial charge in [0.25, 0.3) is 0 Å². The van der Waals surface area contributed by atoms with E-state index in [-0.39, 0.29) is 59.1 Å². The van der Waals surface area contributed by atoms with Crippen LogP contribution in [0.25, 0.3) is 6.08 Å². The van der Waals surface area contributed by atoms with E-state index in [1.807, 2.05) is 18.2 Å². The Labute approximate surface area is 113 Å². The fourth-order valence-corrected chi connectivity index (χ4v) is 0.816. The minimum Gasteiger partial charge on any atom is -0.0985 e. The third-order valence-corrected chi connectivity index (χ3v) is 1.41. The molecule has 0 saturated carbocycles. The summed E-state index contributed by atoms with van der Waals surface area (Å²) < 4.78 is 0. The molecule has 0 aliphatic carbocycles. The SMILES string of the molecule is C=Cc1ccccc1C.[Na].[Na]. The molecule has 1 aromatic carbocycles. The van der Waals surface area contributed by atoms with Crippen LogP contribution in [0, 0.1) is 6.92 Å². The van der Waals surface area contributed by atoms with E-state index in [0.29, 0.717) is 0 Å². The van der Waals surface area contributed by atoms with Crippen molar-refractivity contribution >= 4 is 65.2 Å². The van der Waals surface area contributed by atoms with Crippen LogP contribution in [-0.4, -0.2) is 59.1 Å². The Morgan fingerprint density at radius 1 is 1.18 bits per heavy atom. The number of benzene rings is 1. The summed E-state index contributed by atoms with van der Waals surface area (Å²) in [5.74, 6) is 0. The van der Waals surface area contributed by atoms with Crippen molar-refractivity contribution in [1.82, 2.24) is 0 Å². The molecule has 0 amide bonds. The summed E-state index contributed by atoms with van der Waals surface area (Å²) in [7, 11) is 0. The van der Waals surface area contributed by atoms with E-state index in [9.17, 15) is 0 Å². The minimum atomic E-state index is 0. The predicted molar refractivity (Wildman–Crippen MR) is 52.8 cm³/mol. The van der Waals surface area contributed by atoms with Gasteiger partial charge in [-0.25, -0.2) is 0 Å². The maximum atomic E-state index is 3.69. The number of aryl methyl sites for hydroxylation is 1. The van der Waals surface area contributed by atoms with Crippen molar-refractivity contribution in [1.29, 1.82) is 0 Å². The van der Waals surface area contributed by atoms with Crippen LogP contribution in [0.2, 0.25) is 0 Å². The van der Waals surface area contributed by atoms with Gasteiger partial charge in [-0.05, 0) is 18.1 Å². The molecular formula is C9H10Na2. The van der Waals surface area contributed by atoms with Crippen LogP contribution in [0.5, 0.6) is 0 Å². The Kier molecular flexibility index (Phi) is 10.0. The van der Waals surface area contributed by atoms with Crippen molar-refractivity contribution in [3.63, 3.8) is 0 Å². The van der Waals surface area contributed by atoms with Crippen LogP contribution >= 0.6 is 0 Å². The molecule has 0 aliphatic rings. The fraction of sp³-hybridized carbons (Fsp3) is 0.111. The normalized spacial score (nSPS) is 7.36. The smallest absolute Gasteiger partial charge is 0 e. The first-order valence-electron chi connectivity index (χ1n) is 3.02. The average Bonchev–Trinajstić information content (AvgIpc) is 1.89. The van der Waals surface area contributed by atoms with Crippen LogP contribution in [0.15, 0.2) is 30.8 Å². The molecule has 0 bridgehead atoms. The number of hydrogen-bond donors (Lipinski definition) is 0. The molecule has 0 N–H and O–H groups in total. The number of rotatable bonds is 1. The van der Waals surface area contributed by atoms with Gasteiger partial charge in [-0.15, -0.1) is 0 Å². The van der Waals surface area contributed by atoms with Crippen molar-refractivity contribution in [2.75, 3.05) is 0 Å². The third-order valence-electron chi connectivity index (χ3n) is 1.41. The summed E-state index contributed by atoms with van der Waals surface area (Å²) in [6, 6.07) is 8.19. The Bertz CT molecular complexity index is 219. The van der Waals surface area contributed by atoms with E-state index in [1.54, 1.807) is 0 Å². The third kappa shape index (κ3) is 4.51. The molecule has 0 aromatic heterocycles. The summed E-state index contributed by atoms with van der Waals surface area (Å²) in [4.78, 5) is 0. The van der Waals surface area contributed by atoms with Gasteiger partial charge in [0.1, 0.15) is 0 Å². The van der Waals surface area contributed by atoms with E-state index < -0.39 is 0 Å². The zero-order valence-electron chi connectivity index (χ0n) is 7.59. The average molecular weight is 164 g/mol. The molecule has 0 spiro atoms. The van der Waals surface area contributed by atoms with Crippen LogP contribution in [0.1, 0.15) is 11.1 Å². The maximum absolute atomic E-state index is 3.69. The Balaban J connectivity index is 0. The van der Waals surface area contributed by atoms with Gasteiger partial charge in [0.15, 0.2) is 0 Å². The molecule has 0 unspecified atom stereocenters. The van der Waals surface area contributed by atoms with Crippen molar-refractivity contribution in [2.24, 2.45) is 0 Å². The van der Waals surface area contributed by atoms with E-state index in [0.717, 1.165) is 0 Å². The second-order valence-electron chi connectivity index (χ2n) is 2.06. The quantitative estimate of drug-likeness (QED) is 0.556. The summed E-state index contributed by atoms with van der Waals surface area (Å²) in [6.45, 7) is 5.77. The van der Waals surface area contributed by atoms with Crippen molar-refractivity contribution in [2.45, 2.75) is 6.92 Å². The van der Waals surface area contributed by atoms with Gasteiger partial charge in [-0.1, -0.05) is 36.9 Å². The monoisotopic (exact) mass is 164 g/mol. The van der Waals surface area contributed by atoms with Gasteiger partial charge >= 0.3 is 0 Å². The molecule has 0 atom stereocenters. The molecule has 2 radical (unpaired) electrons. The van der Waals surface area contributed by atoms with Gasteiger partial charge in [0.05, 0.1) is 0 Å². The first kappa shape index (κ1) is 14.5. The van der Waals surface area contributed by atoms with Gasteiger partial charge < -0.3 is 0 Å². The zero-order chi connectivity index (χ0) is 6.69. The van der Waals surface area contributed by atoms with E-state index in [4.69, 9.17) is 0 Å². The van der Waals surface area contributed by atoms with E-state index >= 15 is 0 Å². The second-order valence-corrected chi connectivity index (χ2v) is 2.06. The zero-order valence-corrected chi connectivity index (χ0v) is 11.6. The first-order chi connectivity index (χ1) is 4.34. The topological polar surface area (TPSA) is 0 Å². The summed E-state index contributed by atoms with van der Waals surface area (Å²) in [5, 5.41) is 0. The van der Waals surface area contributed by atoms with Gasteiger partial charge in [-0.3, -0.25) is 0 Å². The molecule has 1 rings (SSSR count). The molecule has 1 aromatic rings. The van der Waals surface area contributed by atoms with Crippen LogP contribution in [0.3, 0.4) is 0 Å². The van der Waals surface area contributed by atoms with Crippen molar-refractivity contribution < 1.29 is 0 Å². The van der Waals surface area contributed by atoms with E-state index in [2.05, 4.69) is 25.6 Å². The first-order valence-corrected chi connectivity index (χ1v) is 3.02.